The maximum atomic E-state index is 13.9. The molecule has 0 fully saturated rings. The van der Waals surface area contributed by atoms with E-state index in [4.69, 9.17) is 0 Å². The molecule has 0 aliphatic carbocycles. The van der Waals surface area contributed by atoms with Gasteiger partial charge in [-0.1, -0.05) is 30.3 Å². The van der Waals surface area contributed by atoms with Gasteiger partial charge in [0.1, 0.15) is 34.9 Å². The average Bonchev–Trinajstić information content (AvgIpc) is 3.21. The average molecular weight is 450 g/mol. The van der Waals surface area contributed by atoms with Gasteiger partial charge in [-0.05, 0) is 42.3 Å². The van der Waals surface area contributed by atoms with Crippen LogP contribution in [0.3, 0.4) is 0 Å². The lowest BCUT2D eigenvalue weighted by Crippen LogP contribution is -2.12. The first-order valence-electron chi connectivity index (χ1n) is 10.1. The number of para-hydroxylation sites is 2. The van der Waals surface area contributed by atoms with Gasteiger partial charge in [0.05, 0.1) is 17.6 Å². The summed E-state index contributed by atoms with van der Waals surface area (Å²) in [4.78, 5) is 21.0. The number of fused-ring (bicyclic) bond motifs is 1. The molecule has 6 nitrogen and oxygen atoms in total. The first-order chi connectivity index (χ1) is 15.8. The van der Waals surface area contributed by atoms with Gasteiger partial charge in [0.25, 0.3) is 0 Å². The van der Waals surface area contributed by atoms with Crippen LogP contribution in [0.15, 0.2) is 60.7 Å². The third-order valence-electron chi connectivity index (χ3n) is 5.38. The van der Waals surface area contributed by atoms with Crippen molar-refractivity contribution < 1.29 is 28.9 Å². The number of allylic oxidation sites excluding steroid dienone is 1. The molecule has 0 aliphatic heterocycles. The molecular formula is C25H20F2N2O4. The number of rotatable bonds is 6. The molecule has 168 valence electrons. The summed E-state index contributed by atoms with van der Waals surface area (Å²) in [6.07, 6.45) is -1.21. The summed E-state index contributed by atoms with van der Waals surface area (Å²) in [7, 11) is 0. The number of H-pyrrole nitrogens is 1. The summed E-state index contributed by atoms with van der Waals surface area (Å²) >= 11 is 0. The summed E-state index contributed by atoms with van der Waals surface area (Å²) in [5.74, 6) is -3.17. The number of imidazole rings is 1. The minimum Gasteiger partial charge on any atom is -0.506 e. The van der Waals surface area contributed by atoms with Crippen LogP contribution in [-0.2, 0) is 0 Å². The normalized spacial score (nSPS) is 13.1. The molecule has 0 saturated carbocycles. The van der Waals surface area contributed by atoms with E-state index in [1.165, 1.54) is 12.1 Å². The van der Waals surface area contributed by atoms with Crippen LogP contribution < -0.4 is 0 Å². The van der Waals surface area contributed by atoms with E-state index in [1.54, 1.807) is 37.3 Å². The summed E-state index contributed by atoms with van der Waals surface area (Å²) < 4.78 is 27.7. The van der Waals surface area contributed by atoms with E-state index in [-0.39, 0.29) is 22.5 Å². The van der Waals surface area contributed by atoms with Gasteiger partial charge in [-0.2, -0.15) is 0 Å². The highest BCUT2D eigenvalue weighted by Crippen LogP contribution is 2.31. The quantitative estimate of drug-likeness (QED) is 0.197. The van der Waals surface area contributed by atoms with Gasteiger partial charge >= 0.3 is 0 Å². The zero-order valence-corrected chi connectivity index (χ0v) is 17.5. The molecule has 4 N–H and O–H groups in total. The second-order valence-corrected chi connectivity index (χ2v) is 7.53. The number of carbonyl (C=O) groups is 1. The molecule has 3 aromatic carbocycles. The number of halogens is 2. The van der Waals surface area contributed by atoms with Crippen LogP contribution in [0.5, 0.6) is 0 Å². The van der Waals surface area contributed by atoms with E-state index < -0.39 is 35.9 Å². The van der Waals surface area contributed by atoms with Crippen molar-refractivity contribution in [3.63, 3.8) is 0 Å². The molecule has 0 aliphatic rings. The molecule has 4 aromatic rings. The van der Waals surface area contributed by atoms with Crippen molar-refractivity contribution in [2.75, 3.05) is 6.61 Å². The van der Waals surface area contributed by atoms with Crippen LogP contribution >= 0.6 is 0 Å². The molecular weight excluding hydrogens is 430 g/mol. The van der Waals surface area contributed by atoms with E-state index in [0.717, 1.165) is 12.1 Å². The number of nitrogens with one attached hydrogen (secondary N) is 1. The van der Waals surface area contributed by atoms with Crippen molar-refractivity contribution in [2.24, 2.45) is 0 Å². The topological polar surface area (TPSA) is 106 Å². The van der Waals surface area contributed by atoms with E-state index in [9.17, 15) is 28.9 Å². The molecule has 0 spiro atoms. The molecule has 33 heavy (non-hydrogen) atoms. The molecule has 8 heteroatoms. The number of aliphatic hydroxyl groups excluding tert-OH is 3. The van der Waals surface area contributed by atoms with Gasteiger partial charge in [0, 0.05) is 17.2 Å². The fourth-order valence-electron chi connectivity index (χ4n) is 3.73. The monoisotopic (exact) mass is 450 g/mol. The third-order valence-corrected chi connectivity index (χ3v) is 5.38. The number of Topliss-reactive ketones (excluding diaryl/α,β-unsaturated/α-hetero) is 1. The van der Waals surface area contributed by atoms with Crippen molar-refractivity contribution in [2.45, 2.75) is 13.0 Å². The number of nitrogens with zero attached hydrogens (tertiary/aromatic N) is 1. The minimum absolute atomic E-state index is 0.0101. The van der Waals surface area contributed by atoms with Crippen LogP contribution in [0.4, 0.5) is 8.78 Å². The van der Waals surface area contributed by atoms with Crippen LogP contribution in [0.25, 0.3) is 22.4 Å². The largest absolute Gasteiger partial charge is 0.506 e. The molecule has 0 unspecified atom stereocenters. The van der Waals surface area contributed by atoms with E-state index in [0.29, 0.717) is 28.2 Å². The standard InChI is InChI=1S/C25H20F2N2O4/c1-13-17(21(31)12-30)5-4-6-18(13)24(33)22(23(32)14-9-15(26)11-16(27)10-14)25-28-19-7-2-3-8-20(19)29-25/h2-11,21,30-32H,12H2,1H3,(H,28,29)/b23-22-/t21-/m0/s1. The lowest BCUT2D eigenvalue weighted by molar-refractivity contribution is 0.0948. The van der Waals surface area contributed by atoms with Gasteiger partial charge in [0.15, 0.2) is 0 Å². The molecule has 1 atom stereocenters. The van der Waals surface area contributed by atoms with Crippen LogP contribution in [0.1, 0.15) is 39.0 Å². The Hall–Kier alpha value is -3.88. The number of carbonyl (C=O) groups excluding carboxylic acids is 1. The number of aromatic amines is 1. The Bertz CT molecular complexity index is 1340. The molecule has 0 amide bonds. The number of aliphatic hydroxyl groups is 3. The molecule has 4 rings (SSSR count). The highest BCUT2D eigenvalue weighted by atomic mass is 19.1. The van der Waals surface area contributed by atoms with Crippen molar-refractivity contribution in [3.05, 3.63) is 100 Å². The van der Waals surface area contributed by atoms with Gasteiger partial charge in [-0.25, -0.2) is 13.8 Å². The summed E-state index contributed by atoms with van der Waals surface area (Å²) in [6.45, 7) is 1.05. The predicted octanol–water partition coefficient (Wildman–Crippen LogP) is 4.48. The van der Waals surface area contributed by atoms with Gasteiger partial charge in [-0.15, -0.1) is 0 Å². The van der Waals surface area contributed by atoms with Crippen molar-refractivity contribution in [1.82, 2.24) is 9.97 Å². The first kappa shape index (κ1) is 22.3. The predicted molar refractivity (Wildman–Crippen MR) is 119 cm³/mol. The second-order valence-electron chi connectivity index (χ2n) is 7.53. The van der Waals surface area contributed by atoms with Crippen molar-refractivity contribution in [3.8, 4) is 0 Å². The van der Waals surface area contributed by atoms with Crippen LogP contribution in [0.2, 0.25) is 0 Å². The molecule has 0 saturated heterocycles. The van der Waals surface area contributed by atoms with Gasteiger partial charge < -0.3 is 20.3 Å². The van der Waals surface area contributed by atoms with Crippen molar-refractivity contribution in [1.29, 1.82) is 0 Å². The van der Waals surface area contributed by atoms with E-state index >= 15 is 0 Å². The Kier molecular flexibility index (Phi) is 6.04. The fourth-order valence-corrected chi connectivity index (χ4v) is 3.73. The first-order valence-corrected chi connectivity index (χ1v) is 10.1. The summed E-state index contributed by atoms with van der Waals surface area (Å²) in [5, 5.41) is 30.5. The maximum Gasteiger partial charge on any atom is 0.200 e. The Morgan fingerprint density at radius 2 is 1.76 bits per heavy atom. The molecule has 0 bridgehead atoms. The molecule has 1 aromatic heterocycles. The number of benzene rings is 3. The Morgan fingerprint density at radius 3 is 2.42 bits per heavy atom. The SMILES string of the molecule is Cc1c(C(=O)/C(=C(/O)c2cc(F)cc(F)c2)c2nc3ccccc3[nH]2)cccc1[C@@H](O)CO. The Balaban J connectivity index is 1.96. The molecule has 0 radical (unpaired) electrons. The number of ketones is 1. The minimum atomic E-state index is -1.21. The van der Waals surface area contributed by atoms with E-state index in [1.807, 2.05) is 0 Å². The Morgan fingerprint density at radius 1 is 1.06 bits per heavy atom. The van der Waals surface area contributed by atoms with Gasteiger partial charge in [0.2, 0.25) is 5.78 Å². The lowest BCUT2D eigenvalue weighted by atomic mass is 9.91. The van der Waals surface area contributed by atoms with Crippen LogP contribution in [-0.4, -0.2) is 37.7 Å². The number of aromatic nitrogens is 2. The zero-order valence-electron chi connectivity index (χ0n) is 17.5. The second kappa shape index (κ2) is 8.93. The smallest absolute Gasteiger partial charge is 0.200 e. The third kappa shape index (κ3) is 4.26. The maximum absolute atomic E-state index is 13.9. The van der Waals surface area contributed by atoms with Gasteiger partial charge in [-0.3, -0.25) is 4.79 Å². The highest BCUT2D eigenvalue weighted by molar-refractivity contribution is 6.33. The Labute approximate surface area is 187 Å². The van der Waals surface area contributed by atoms with Crippen molar-refractivity contribution >= 4 is 28.1 Å². The molecule has 1 heterocycles. The highest BCUT2D eigenvalue weighted by Gasteiger charge is 2.26. The summed E-state index contributed by atoms with van der Waals surface area (Å²) in [5.41, 5.74) is 1.43. The lowest BCUT2D eigenvalue weighted by Gasteiger charge is -2.15. The van der Waals surface area contributed by atoms with E-state index in [2.05, 4.69) is 9.97 Å². The van der Waals surface area contributed by atoms with Crippen LogP contribution in [0, 0.1) is 18.6 Å². The number of hydrogen-bond donors (Lipinski definition) is 4. The zero-order chi connectivity index (χ0) is 23.7. The summed E-state index contributed by atoms with van der Waals surface area (Å²) in [6, 6.07) is 14.0. The number of hydrogen-bond acceptors (Lipinski definition) is 5. The fraction of sp³-hybridized carbons (Fsp3) is 0.120.